The van der Waals surface area contributed by atoms with Crippen LogP contribution in [0, 0.1) is 11.3 Å². The Hall–Kier alpha value is -3.60. The molecule has 0 spiro atoms. The molecule has 0 aliphatic rings. The van der Waals surface area contributed by atoms with Gasteiger partial charge >= 0.3 is 6.18 Å². The highest BCUT2D eigenvalue weighted by Gasteiger charge is 2.33. The monoisotopic (exact) mass is 355 g/mol. The predicted molar refractivity (Wildman–Crippen MR) is 91.2 cm³/mol. The molecule has 0 atom stereocenters. The van der Waals surface area contributed by atoms with Gasteiger partial charge < -0.3 is 10.6 Å². The topological polar surface area (TPSA) is 73.6 Å². The second kappa shape index (κ2) is 7.11. The Morgan fingerprint density at radius 1 is 0.846 bits per heavy atom. The van der Waals surface area contributed by atoms with Crippen molar-refractivity contribution < 1.29 is 13.2 Å². The van der Waals surface area contributed by atoms with Crippen LogP contribution in [0.25, 0.3) is 0 Å². The molecule has 0 saturated carbocycles. The van der Waals surface area contributed by atoms with Gasteiger partial charge in [0.25, 0.3) is 0 Å². The van der Waals surface area contributed by atoms with Crippen LogP contribution in [-0.2, 0) is 6.18 Å². The Morgan fingerprint density at radius 2 is 1.42 bits per heavy atom. The van der Waals surface area contributed by atoms with Crippen molar-refractivity contribution >= 4 is 23.0 Å². The summed E-state index contributed by atoms with van der Waals surface area (Å²) in [5, 5.41) is 14.7. The van der Waals surface area contributed by atoms with E-state index in [2.05, 4.69) is 20.6 Å². The van der Waals surface area contributed by atoms with Gasteiger partial charge in [0.2, 0.25) is 0 Å². The van der Waals surface area contributed by atoms with E-state index in [1.54, 1.807) is 24.3 Å². The minimum atomic E-state index is -4.48. The molecule has 0 aliphatic heterocycles. The molecule has 26 heavy (non-hydrogen) atoms. The fraction of sp³-hybridized carbons (Fsp3) is 0.0556. The summed E-state index contributed by atoms with van der Waals surface area (Å²) in [5.41, 5.74) is 0.0587. The Kier molecular flexibility index (Phi) is 4.71. The van der Waals surface area contributed by atoms with E-state index in [1.165, 1.54) is 30.6 Å². The third kappa shape index (κ3) is 3.89. The molecule has 5 nitrogen and oxygen atoms in total. The van der Waals surface area contributed by atoms with Gasteiger partial charge in [-0.25, -0.2) is 9.97 Å². The highest BCUT2D eigenvalue weighted by atomic mass is 19.4. The van der Waals surface area contributed by atoms with Gasteiger partial charge in [-0.05, 0) is 24.3 Å². The average Bonchev–Trinajstić information content (AvgIpc) is 2.62. The first-order valence-corrected chi connectivity index (χ1v) is 7.49. The number of halogens is 3. The van der Waals surface area contributed by atoms with Crippen LogP contribution < -0.4 is 10.6 Å². The zero-order chi connectivity index (χ0) is 18.6. The van der Waals surface area contributed by atoms with Crippen molar-refractivity contribution in [3.05, 3.63) is 72.1 Å². The molecule has 2 N–H and O–H groups in total. The third-order valence-corrected chi connectivity index (χ3v) is 3.47. The SMILES string of the molecule is N#Cc1ccccc1Nc1cc(Nc2ccccc2C(F)(F)F)ncn1. The Morgan fingerprint density at radius 3 is 2.08 bits per heavy atom. The van der Waals surface area contributed by atoms with E-state index in [4.69, 9.17) is 5.26 Å². The molecule has 3 rings (SSSR count). The zero-order valence-electron chi connectivity index (χ0n) is 13.2. The van der Waals surface area contributed by atoms with Crippen LogP contribution in [0.15, 0.2) is 60.9 Å². The molecule has 0 aliphatic carbocycles. The summed E-state index contributed by atoms with van der Waals surface area (Å²) in [6.45, 7) is 0. The largest absolute Gasteiger partial charge is 0.418 e. The van der Waals surface area contributed by atoms with Gasteiger partial charge in [0, 0.05) is 6.07 Å². The molecule has 130 valence electrons. The average molecular weight is 355 g/mol. The first kappa shape index (κ1) is 17.2. The second-order valence-electron chi connectivity index (χ2n) is 5.24. The number of nitriles is 1. The lowest BCUT2D eigenvalue weighted by molar-refractivity contribution is -0.136. The number of anilines is 4. The summed E-state index contributed by atoms with van der Waals surface area (Å²) >= 11 is 0. The van der Waals surface area contributed by atoms with Crippen molar-refractivity contribution in [1.29, 1.82) is 5.26 Å². The summed E-state index contributed by atoms with van der Waals surface area (Å²) in [7, 11) is 0. The van der Waals surface area contributed by atoms with Crippen molar-refractivity contribution in [2.75, 3.05) is 10.6 Å². The number of aromatic nitrogens is 2. The highest BCUT2D eigenvalue weighted by molar-refractivity contribution is 5.68. The number of para-hydroxylation sites is 2. The first-order chi connectivity index (χ1) is 12.5. The van der Waals surface area contributed by atoms with Gasteiger partial charge in [-0.15, -0.1) is 0 Å². The summed E-state index contributed by atoms with van der Waals surface area (Å²) in [4.78, 5) is 7.98. The summed E-state index contributed by atoms with van der Waals surface area (Å²) < 4.78 is 39.3. The number of nitrogens with one attached hydrogen (secondary N) is 2. The van der Waals surface area contributed by atoms with Crippen LogP contribution in [0.1, 0.15) is 11.1 Å². The smallest absolute Gasteiger partial charge is 0.340 e. The molecule has 8 heteroatoms. The maximum absolute atomic E-state index is 13.1. The van der Waals surface area contributed by atoms with E-state index < -0.39 is 11.7 Å². The molecule has 0 unspecified atom stereocenters. The second-order valence-corrected chi connectivity index (χ2v) is 5.24. The molecule has 0 radical (unpaired) electrons. The minimum absolute atomic E-state index is 0.109. The fourth-order valence-electron chi connectivity index (χ4n) is 2.30. The van der Waals surface area contributed by atoms with Crippen molar-refractivity contribution in [3.63, 3.8) is 0 Å². The Labute approximate surface area is 147 Å². The number of alkyl halides is 3. The van der Waals surface area contributed by atoms with Gasteiger partial charge in [0.1, 0.15) is 24.0 Å². The molecule has 1 aromatic heterocycles. The van der Waals surface area contributed by atoms with Crippen LogP contribution >= 0.6 is 0 Å². The number of nitrogens with zero attached hydrogens (tertiary/aromatic N) is 3. The van der Waals surface area contributed by atoms with E-state index in [-0.39, 0.29) is 11.5 Å². The zero-order valence-corrected chi connectivity index (χ0v) is 13.2. The number of benzene rings is 2. The summed E-state index contributed by atoms with van der Waals surface area (Å²) in [6, 6.07) is 15.5. The molecule has 1 heterocycles. The van der Waals surface area contributed by atoms with Crippen LogP contribution in [-0.4, -0.2) is 9.97 Å². The Balaban J connectivity index is 1.86. The lowest BCUT2D eigenvalue weighted by Gasteiger charge is -2.14. The van der Waals surface area contributed by atoms with Crippen LogP contribution in [0.5, 0.6) is 0 Å². The van der Waals surface area contributed by atoms with Crippen molar-refractivity contribution in [1.82, 2.24) is 9.97 Å². The molecule has 0 fully saturated rings. The maximum atomic E-state index is 13.1. The van der Waals surface area contributed by atoms with E-state index in [0.717, 1.165) is 6.07 Å². The summed E-state index contributed by atoms with van der Waals surface area (Å²) in [5.74, 6) is 0.531. The molecule has 3 aromatic rings. The van der Waals surface area contributed by atoms with E-state index >= 15 is 0 Å². The molecular formula is C18H12F3N5. The predicted octanol–water partition coefficient (Wildman–Crippen LogP) is 4.85. The minimum Gasteiger partial charge on any atom is -0.340 e. The van der Waals surface area contributed by atoms with E-state index in [0.29, 0.717) is 17.1 Å². The van der Waals surface area contributed by atoms with Gasteiger partial charge in [-0.2, -0.15) is 18.4 Å². The number of rotatable bonds is 4. The summed E-state index contributed by atoms with van der Waals surface area (Å²) in [6.07, 6.45) is -3.26. The standard InChI is InChI=1S/C18H12F3N5/c19-18(20,21)13-6-2-4-8-15(13)26-17-9-16(23-11-24-17)25-14-7-3-1-5-12(14)10-22/h1-9,11H,(H2,23,24,25,26). The van der Waals surface area contributed by atoms with Gasteiger partial charge in [-0.3, -0.25) is 0 Å². The lowest BCUT2D eigenvalue weighted by atomic mass is 10.1. The van der Waals surface area contributed by atoms with E-state index in [1.807, 2.05) is 6.07 Å². The normalized spacial score (nSPS) is 10.8. The van der Waals surface area contributed by atoms with Gasteiger partial charge in [0.15, 0.2) is 0 Å². The van der Waals surface area contributed by atoms with Crippen LogP contribution in [0.2, 0.25) is 0 Å². The quantitative estimate of drug-likeness (QED) is 0.699. The lowest BCUT2D eigenvalue weighted by Crippen LogP contribution is -2.09. The third-order valence-electron chi connectivity index (χ3n) is 3.47. The molecular weight excluding hydrogens is 343 g/mol. The highest BCUT2D eigenvalue weighted by Crippen LogP contribution is 2.35. The molecule has 2 aromatic carbocycles. The van der Waals surface area contributed by atoms with Crippen LogP contribution in [0.3, 0.4) is 0 Å². The maximum Gasteiger partial charge on any atom is 0.418 e. The van der Waals surface area contributed by atoms with Crippen molar-refractivity contribution in [3.8, 4) is 6.07 Å². The van der Waals surface area contributed by atoms with Gasteiger partial charge in [0.05, 0.1) is 22.5 Å². The Bertz CT molecular complexity index is 963. The van der Waals surface area contributed by atoms with Crippen molar-refractivity contribution in [2.24, 2.45) is 0 Å². The molecule has 0 bridgehead atoms. The fourth-order valence-corrected chi connectivity index (χ4v) is 2.30. The van der Waals surface area contributed by atoms with Crippen molar-refractivity contribution in [2.45, 2.75) is 6.18 Å². The van der Waals surface area contributed by atoms with E-state index in [9.17, 15) is 13.2 Å². The first-order valence-electron chi connectivity index (χ1n) is 7.49. The molecule has 0 saturated heterocycles. The van der Waals surface area contributed by atoms with Gasteiger partial charge in [-0.1, -0.05) is 24.3 Å². The number of hydrogen-bond acceptors (Lipinski definition) is 5. The van der Waals surface area contributed by atoms with Crippen LogP contribution in [0.4, 0.5) is 36.2 Å². The molecule has 0 amide bonds. The number of hydrogen-bond donors (Lipinski definition) is 2.